The van der Waals surface area contributed by atoms with Crippen LogP contribution in [0, 0.1) is 6.92 Å². The zero-order valence-electron chi connectivity index (χ0n) is 11.3. The predicted molar refractivity (Wildman–Crippen MR) is 77.7 cm³/mol. The smallest absolute Gasteiger partial charge is 0.321 e. The molecule has 5 heteroatoms. The molecule has 5 nitrogen and oxygen atoms in total. The molecule has 2 amide bonds. The zero-order chi connectivity index (χ0) is 14.1. The molecular weight excluding hydrogens is 254 g/mol. The summed E-state index contributed by atoms with van der Waals surface area (Å²) in [5.74, 6) is 0. The minimum atomic E-state index is -0.409. The molecule has 1 aromatic carbocycles. The summed E-state index contributed by atoms with van der Waals surface area (Å²) in [6.07, 6.45) is 0.231. The first kappa shape index (κ1) is 12.9. The van der Waals surface area contributed by atoms with Crippen molar-refractivity contribution < 1.29 is 9.90 Å². The number of aryl methyl sites for hydroxylation is 1. The number of anilines is 1. The molecule has 0 unspecified atom stereocenters. The van der Waals surface area contributed by atoms with Crippen LogP contribution in [0.1, 0.15) is 12.1 Å². The number of nitrogens with zero attached hydrogens (tertiary/aromatic N) is 2. The first-order valence-electron chi connectivity index (χ1n) is 6.74. The molecule has 104 valence electrons. The van der Waals surface area contributed by atoms with Gasteiger partial charge in [-0.05, 0) is 25.5 Å². The third kappa shape index (κ3) is 2.44. The molecule has 2 aromatic rings. The van der Waals surface area contributed by atoms with Crippen LogP contribution in [0.15, 0.2) is 30.3 Å². The van der Waals surface area contributed by atoms with E-state index in [0.29, 0.717) is 25.2 Å². The Morgan fingerprint density at radius 3 is 3.00 bits per heavy atom. The fraction of sp³-hybridized carbons (Fsp3) is 0.333. The topological polar surface area (TPSA) is 65.5 Å². The fourth-order valence-corrected chi connectivity index (χ4v) is 2.47. The first-order chi connectivity index (χ1) is 9.63. The van der Waals surface area contributed by atoms with Crippen molar-refractivity contribution in [2.75, 3.05) is 18.4 Å². The number of β-amino-alcohol motifs (C(OH)–C–C–N with tert-alkyl or cyclic N) is 1. The lowest BCUT2D eigenvalue weighted by Gasteiger charge is -2.17. The normalized spacial score (nSPS) is 18.5. The van der Waals surface area contributed by atoms with E-state index in [1.807, 2.05) is 37.3 Å². The standard InChI is InChI=1S/C15H17N3O2/c1-10-5-6-11-3-2-4-13(14(11)16-10)17-15(20)18-8-7-12(19)9-18/h2-6,12,19H,7-9H2,1H3,(H,17,20)/t12-/m1/s1. The van der Waals surface area contributed by atoms with E-state index in [-0.39, 0.29) is 6.03 Å². The molecule has 0 bridgehead atoms. The number of amides is 2. The number of hydrogen-bond donors (Lipinski definition) is 2. The Bertz CT molecular complexity index is 657. The molecule has 0 radical (unpaired) electrons. The van der Waals surface area contributed by atoms with Gasteiger partial charge in [0.1, 0.15) is 0 Å². The number of likely N-dealkylation sites (tertiary alicyclic amines) is 1. The average molecular weight is 271 g/mol. The maximum Gasteiger partial charge on any atom is 0.321 e. The number of fused-ring (bicyclic) bond motifs is 1. The molecule has 3 rings (SSSR count). The lowest BCUT2D eigenvalue weighted by Crippen LogP contribution is -2.33. The van der Waals surface area contributed by atoms with Gasteiger partial charge in [-0.25, -0.2) is 4.79 Å². The van der Waals surface area contributed by atoms with E-state index in [9.17, 15) is 9.90 Å². The summed E-state index contributed by atoms with van der Waals surface area (Å²) in [6.45, 7) is 2.90. The first-order valence-corrected chi connectivity index (χ1v) is 6.74. The molecule has 1 aromatic heterocycles. The molecule has 1 saturated heterocycles. The second-order valence-electron chi connectivity index (χ2n) is 5.15. The molecule has 1 fully saturated rings. The maximum atomic E-state index is 12.2. The molecule has 1 aliphatic heterocycles. The van der Waals surface area contributed by atoms with Crippen LogP contribution < -0.4 is 5.32 Å². The van der Waals surface area contributed by atoms with Gasteiger partial charge in [0.05, 0.1) is 17.3 Å². The van der Waals surface area contributed by atoms with E-state index in [1.54, 1.807) is 4.90 Å². The third-order valence-electron chi connectivity index (χ3n) is 3.55. The van der Waals surface area contributed by atoms with Gasteiger partial charge in [0.2, 0.25) is 0 Å². The number of carbonyl (C=O) groups is 1. The molecule has 0 saturated carbocycles. The van der Waals surface area contributed by atoms with Crippen molar-refractivity contribution in [3.63, 3.8) is 0 Å². The summed E-state index contributed by atoms with van der Waals surface area (Å²) in [4.78, 5) is 18.3. The van der Waals surface area contributed by atoms with Crippen molar-refractivity contribution in [3.05, 3.63) is 36.0 Å². The van der Waals surface area contributed by atoms with Crippen molar-refractivity contribution in [1.82, 2.24) is 9.88 Å². The van der Waals surface area contributed by atoms with Crippen LogP contribution in [0.25, 0.3) is 10.9 Å². The second kappa shape index (κ2) is 5.09. The van der Waals surface area contributed by atoms with Crippen LogP contribution in [0.2, 0.25) is 0 Å². The lowest BCUT2D eigenvalue weighted by atomic mass is 10.2. The number of urea groups is 1. The van der Waals surface area contributed by atoms with E-state index in [0.717, 1.165) is 16.6 Å². The Hall–Kier alpha value is -2.14. The van der Waals surface area contributed by atoms with Crippen LogP contribution in [-0.2, 0) is 0 Å². The van der Waals surface area contributed by atoms with Gasteiger partial charge in [-0.3, -0.25) is 4.98 Å². The van der Waals surface area contributed by atoms with E-state index in [1.165, 1.54) is 0 Å². The summed E-state index contributed by atoms with van der Waals surface area (Å²) in [5, 5.41) is 13.4. The number of aromatic nitrogens is 1. The number of benzene rings is 1. The molecule has 0 aliphatic carbocycles. The van der Waals surface area contributed by atoms with E-state index in [2.05, 4.69) is 10.3 Å². The summed E-state index contributed by atoms with van der Waals surface area (Å²) < 4.78 is 0. The lowest BCUT2D eigenvalue weighted by molar-refractivity contribution is 0.176. The Balaban J connectivity index is 1.87. The van der Waals surface area contributed by atoms with Crippen molar-refractivity contribution >= 4 is 22.6 Å². The van der Waals surface area contributed by atoms with Crippen molar-refractivity contribution in [2.45, 2.75) is 19.4 Å². The minimum Gasteiger partial charge on any atom is -0.391 e. The van der Waals surface area contributed by atoms with Crippen LogP contribution >= 0.6 is 0 Å². The van der Waals surface area contributed by atoms with Gasteiger partial charge in [-0.2, -0.15) is 0 Å². The van der Waals surface area contributed by atoms with Gasteiger partial charge in [0, 0.05) is 24.2 Å². The van der Waals surface area contributed by atoms with E-state index >= 15 is 0 Å². The Kier molecular flexibility index (Phi) is 3.28. The van der Waals surface area contributed by atoms with Crippen molar-refractivity contribution in [1.29, 1.82) is 0 Å². The van der Waals surface area contributed by atoms with Crippen LogP contribution in [0.5, 0.6) is 0 Å². The predicted octanol–water partition coefficient (Wildman–Crippen LogP) is 2.14. The number of hydrogen-bond acceptors (Lipinski definition) is 3. The summed E-state index contributed by atoms with van der Waals surface area (Å²) in [5.41, 5.74) is 2.41. The molecule has 2 N–H and O–H groups in total. The van der Waals surface area contributed by atoms with Gasteiger partial charge in [-0.15, -0.1) is 0 Å². The number of nitrogens with one attached hydrogen (secondary N) is 1. The van der Waals surface area contributed by atoms with Crippen molar-refractivity contribution in [3.8, 4) is 0 Å². The molecule has 20 heavy (non-hydrogen) atoms. The molecular formula is C15H17N3O2. The highest BCUT2D eigenvalue weighted by molar-refractivity contribution is 5.99. The van der Waals surface area contributed by atoms with Gasteiger partial charge in [0.15, 0.2) is 0 Å². The monoisotopic (exact) mass is 271 g/mol. The maximum absolute atomic E-state index is 12.2. The van der Waals surface area contributed by atoms with Gasteiger partial charge in [0.25, 0.3) is 0 Å². The number of rotatable bonds is 1. The number of aliphatic hydroxyl groups excluding tert-OH is 1. The molecule has 0 spiro atoms. The second-order valence-corrected chi connectivity index (χ2v) is 5.15. The highest BCUT2D eigenvalue weighted by atomic mass is 16.3. The largest absolute Gasteiger partial charge is 0.391 e. The van der Waals surface area contributed by atoms with Gasteiger partial charge in [-0.1, -0.05) is 18.2 Å². The van der Waals surface area contributed by atoms with Crippen LogP contribution in [0.3, 0.4) is 0 Å². The number of carbonyl (C=O) groups excluding carboxylic acids is 1. The number of pyridine rings is 1. The quantitative estimate of drug-likeness (QED) is 0.835. The third-order valence-corrected chi connectivity index (χ3v) is 3.55. The molecule has 1 aliphatic rings. The minimum absolute atomic E-state index is 0.183. The van der Waals surface area contributed by atoms with Crippen molar-refractivity contribution in [2.24, 2.45) is 0 Å². The summed E-state index contributed by atoms with van der Waals surface area (Å²) in [7, 11) is 0. The zero-order valence-corrected chi connectivity index (χ0v) is 11.3. The van der Waals surface area contributed by atoms with E-state index < -0.39 is 6.10 Å². The SMILES string of the molecule is Cc1ccc2cccc(NC(=O)N3CC[C@@H](O)C3)c2n1. The van der Waals surface area contributed by atoms with Crippen LogP contribution in [0.4, 0.5) is 10.5 Å². The van der Waals surface area contributed by atoms with E-state index in [4.69, 9.17) is 0 Å². The Morgan fingerprint density at radius 1 is 1.40 bits per heavy atom. The fourth-order valence-electron chi connectivity index (χ4n) is 2.47. The molecule has 2 heterocycles. The van der Waals surface area contributed by atoms with Gasteiger partial charge < -0.3 is 15.3 Å². The summed E-state index contributed by atoms with van der Waals surface area (Å²) >= 11 is 0. The number of para-hydroxylation sites is 1. The highest BCUT2D eigenvalue weighted by Gasteiger charge is 2.24. The van der Waals surface area contributed by atoms with Crippen LogP contribution in [-0.4, -0.2) is 40.2 Å². The Labute approximate surface area is 117 Å². The Morgan fingerprint density at radius 2 is 2.25 bits per heavy atom. The summed E-state index contributed by atoms with van der Waals surface area (Å²) in [6, 6.07) is 9.47. The van der Waals surface area contributed by atoms with Gasteiger partial charge >= 0.3 is 6.03 Å². The average Bonchev–Trinajstić information content (AvgIpc) is 2.86. The molecule has 1 atom stereocenters. The number of aliphatic hydroxyl groups is 1. The highest BCUT2D eigenvalue weighted by Crippen LogP contribution is 2.22.